The highest BCUT2D eigenvalue weighted by atomic mass is 35.5. The van der Waals surface area contributed by atoms with Crippen LogP contribution in [0.15, 0.2) is 36.4 Å². The van der Waals surface area contributed by atoms with Crippen LogP contribution in [-0.2, 0) is 16.1 Å². The van der Waals surface area contributed by atoms with Gasteiger partial charge in [0.2, 0.25) is 0 Å². The Labute approximate surface area is 186 Å². The van der Waals surface area contributed by atoms with E-state index in [-0.39, 0.29) is 10.7 Å². The number of aromatic nitrogens is 2. The molecule has 3 aromatic rings. The average molecular weight is 466 g/mol. The van der Waals surface area contributed by atoms with E-state index in [1.165, 1.54) is 11.6 Å². The van der Waals surface area contributed by atoms with Crippen LogP contribution in [0.3, 0.4) is 0 Å². The van der Waals surface area contributed by atoms with Crippen molar-refractivity contribution >= 4 is 29.2 Å². The Bertz CT molecular complexity index is 1180. The molecule has 0 spiro atoms. The molecule has 3 rings (SSSR count). The van der Waals surface area contributed by atoms with Crippen LogP contribution in [-0.4, -0.2) is 27.8 Å². The van der Waals surface area contributed by atoms with Gasteiger partial charge in [0.05, 0.1) is 17.9 Å². The first kappa shape index (κ1) is 23.3. The van der Waals surface area contributed by atoms with Crippen LogP contribution in [0.5, 0.6) is 0 Å². The number of anilines is 1. The number of carbonyl (C=O) groups excluding carboxylic acids is 2. The zero-order valence-corrected chi connectivity index (χ0v) is 18.1. The Balaban J connectivity index is 1.71. The van der Waals surface area contributed by atoms with Gasteiger partial charge in [0.25, 0.3) is 5.91 Å². The first-order valence-corrected chi connectivity index (χ1v) is 9.90. The summed E-state index contributed by atoms with van der Waals surface area (Å²) in [6.45, 7) is 5.08. The molecule has 0 bridgehead atoms. The number of hydrogen-bond donors (Lipinski definition) is 1. The number of esters is 1. The number of halogens is 4. The van der Waals surface area contributed by atoms with Crippen molar-refractivity contribution in [1.82, 2.24) is 9.78 Å². The average Bonchev–Trinajstić information content (AvgIpc) is 3.02. The Morgan fingerprint density at radius 2 is 1.75 bits per heavy atom. The summed E-state index contributed by atoms with van der Waals surface area (Å²) in [7, 11) is 0. The molecule has 1 atom stereocenters. The molecule has 1 unspecified atom stereocenters. The first-order chi connectivity index (χ1) is 15.1. The van der Waals surface area contributed by atoms with Crippen molar-refractivity contribution < 1.29 is 27.5 Å². The molecule has 2 aromatic carbocycles. The second-order valence-corrected chi connectivity index (χ2v) is 7.51. The van der Waals surface area contributed by atoms with E-state index in [1.54, 1.807) is 6.92 Å². The second-order valence-electron chi connectivity index (χ2n) is 7.15. The minimum atomic E-state index is -1.73. The molecule has 1 heterocycles. The molecule has 1 amide bonds. The number of rotatable bonds is 6. The minimum Gasteiger partial charge on any atom is -0.449 e. The molecule has 32 heavy (non-hydrogen) atoms. The standard InChI is InChI=1S/C22H19ClF3N3O3/c1-11-4-6-14(7-5-11)10-29-20(23)17(12(2)28-29)22(31)32-13(3)21(30)27-16-9-8-15(24)18(25)19(16)26/h4-9,13H,10H2,1-3H3,(H,27,30). The number of amides is 1. The Morgan fingerprint density at radius 3 is 2.41 bits per heavy atom. The first-order valence-electron chi connectivity index (χ1n) is 9.52. The number of ether oxygens (including phenoxy) is 1. The number of aryl methyl sites for hydroxylation is 2. The maximum absolute atomic E-state index is 13.8. The molecule has 0 aliphatic rings. The van der Waals surface area contributed by atoms with Crippen LogP contribution in [0.2, 0.25) is 5.15 Å². The topological polar surface area (TPSA) is 73.2 Å². The lowest BCUT2D eigenvalue weighted by Gasteiger charge is -2.14. The van der Waals surface area contributed by atoms with Crippen LogP contribution in [0.1, 0.15) is 34.1 Å². The number of nitrogens with zero attached hydrogens (tertiary/aromatic N) is 2. The maximum atomic E-state index is 13.8. The molecule has 10 heteroatoms. The van der Waals surface area contributed by atoms with E-state index in [1.807, 2.05) is 31.2 Å². The third kappa shape index (κ3) is 4.94. The van der Waals surface area contributed by atoms with Crippen LogP contribution < -0.4 is 5.32 Å². The van der Waals surface area contributed by atoms with Gasteiger partial charge in [0.15, 0.2) is 23.6 Å². The lowest BCUT2D eigenvalue weighted by atomic mass is 10.1. The van der Waals surface area contributed by atoms with Gasteiger partial charge in [0.1, 0.15) is 10.7 Å². The Morgan fingerprint density at radius 1 is 1.09 bits per heavy atom. The van der Waals surface area contributed by atoms with Gasteiger partial charge in [-0.15, -0.1) is 0 Å². The van der Waals surface area contributed by atoms with Crippen molar-refractivity contribution in [1.29, 1.82) is 0 Å². The highest BCUT2D eigenvalue weighted by Gasteiger charge is 2.26. The quantitative estimate of drug-likeness (QED) is 0.419. The van der Waals surface area contributed by atoms with Gasteiger partial charge >= 0.3 is 5.97 Å². The van der Waals surface area contributed by atoms with Gasteiger partial charge in [-0.1, -0.05) is 41.4 Å². The van der Waals surface area contributed by atoms with Crippen LogP contribution in [0, 0.1) is 31.3 Å². The van der Waals surface area contributed by atoms with Crippen molar-refractivity contribution in [2.45, 2.75) is 33.4 Å². The summed E-state index contributed by atoms with van der Waals surface area (Å²) < 4.78 is 46.7. The molecule has 0 aliphatic heterocycles. The zero-order valence-electron chi connectivity index (χ0n) is 17.4. The van der Waals surface area contributed by atoms with Gasteiger partial charge in [-0.05, 0) is 38.5 Å². The fourth-order valence-electron chi connectivity index (χ4n) is 2.89. The molecule has 0 saturated heterocycles. The third-order valence-electron chi connectivity index (χ3n) is 4.67. The van der Waals surface area contributed by atoms with Crippen molar-refractivity contribution in [2.75, 3.05) is 5.32 Å². The molecule has 0 fully saturated rings. The number of nitrogens with one attached hydrogen (secondary N) is 1. The van der Waals surface area contributed by atoms with Crippen molar-refractivity contribution in [3.8, 4) is 0 Å². The Kier molecular flexibility index (Phi) is 6.88. The number of benzene rings is 2. The summed E-state index contributed by atoms with van der Waals surface area (Å²) in [5, 5.41) is 6.34. The van der Waals surface area contributed by atoms with E-state index in [0.29, 0.717) is 18.3 Å². The molecule has 0 radical (unpaired) electrons. The highest BCUT2D eigenvalue weighted by Crippen LogP contribution is 2.23. The van der Waals surface area contributed by atoms with Crippen molar-refractivity contribution in [3.05, 3.63) is 81.4 Å². The Hall–Kier alpha value is -3.33. The van der Waals surface area contributed by atoms with Crippen LogP contribution in [0.4, 0.5) is 18.9 Å². The lowest BCUT2D eigenvalue weighted by molar-refractivity contribution is -0.123. The van der Waals surface area contributed by atoms with E-state index in [9.17, 15) is 22.8 Å². The van der Waals surface area contributed by atoms with Gasteiger partial charge in [-0.25, -0.2) is 22.6 Å². The predicted octanol–water partition coefficient (Wildman–Crippen LogP) is 4.80. The highest BCUT2D eigenvalue weighted by molar-refractivity contribution is 6.32. The van der Waals surface area contributed by atoms with E-state index in [4.69, 9.17) is 16.3 Å². The fraction of sp³-hybridized carbons (Fsp3) is 0.227. The van der Waals surface area contributed by atoms with E-state index in [2.05, 4.69) is 10.4 Å². The van der Waals surface area contributed by atoms with Gasteiger partial charge < -0.3 is 10.1 Å². The van der Waals surface area contributed by atoms with Crippen molar-refractivity contribution in [2.24, 2.45) is 0 Å². The van der Waals surface area contributed by atoms with Crippen molar-refractivity contribution in [3.63, 3.8) is 0 Å². The van der Waals surface area contributed by atoms with E-state index in [0.717, 1.165) is 17.2 Å². The molecular formula is C22H19ClF3N3O3. The number of hydrogen-bond acceptors (Lipinski definition) is 4. The molecule has 168 valence electrons. The third-order valence-corrected chi connectivity index (χ3v) is 5.05. The molecule has 0 aliphatic carbocycles. The summed E-state index contributed by atoms with van der Waals surface area (Å²) in [4.78, 5) is 24.9. The monoisotopic (exact) mass is 465 g/mol. The lowest BCUT2D eigenvalue weighted by Crippen LogP contribution is -2.30. The van der Waals surface area contributed by atoms with Gasteiger partial charge in [-0.2, -0.15) is 5.10 Å². The molecule has 1 aromatic heterocycles. The van der Waals surface area contributed by atoms with Gasteiger partial charge in [-0.3, -0.25) is 4.79 Å². The molecule has 0 saturated carbocycles. The zero-order chi connectivity index (χ0) is 23.6. The SMILES string of the molecule is Cc1ccc(Cn2nc(C)c(C(=O)OC(C)C(=O)Nc3ccc(F)c(F)c3F)c2Cl)cc1. The summed E-state index contributed by atoms with van der Waals surface area (Å²) in [5.41, 5.74) is 1.71. The second kappa shape index (κ2) is 9.44. The van der Waals surface area contributed by atoms with Crippen LogP contribution >= 0.6 is 11.6 Å². The molecule has 1 N–H and O–H groups in total. The minimum absolute atomic E-state index is 0.0163. The largest absolute Gasteiger partial charge is 0.449 e. The summed E-state index contributed by atoms with van der Waals surface area (Å²) in [6, 6.07) is 9.21. The summed E-state index contributed by atoms with van der Waals surface area (Å²) in [5.74, 6) is -6.53. The summed E-state index contributed by atoms with van der Waals surface area (Å²) in [6.07, 6.45) is -1.38. The normalized spacial score (nSPS) is 11.8. The maximum Gasteiger partial charge on any atom is 0.343 e. The number of carbonyl (C=O) groups is 2. The smallest absolute Gasteiger partial charge is 0.343 e. The fourth-order valence-corrected chi connectivity index (χ4v) is 3.20. The molecule has 6 nitrogen and oxygen atoms in total. The van der Waals surface area contributed by atoms with E-state index < -0.39 is 41.1 Å². The molecular weight excluding hydrogens is 447 g/mol. The van der Waals surface area contributed by atoms with E-state index >= 15 is 0 Å². The summed E-state index contributed by atoms with van der Waals surface area (Å²) >= 11 is 6.32. The van der Waals surface area contributed by atoms with Gasteiger partial charge in [0, 0.05) is 0 Å². The predicted molar refractivity (Wildman–Crippen MR) is 112 cm³/mol. The van der Waals surface area contributed by atoms with Crippen LogP contribution in [0.25, 0.3) is 0 Å².